The number of hydrogen-bond donors (Lipinski definition) is 0. The van der Waals surface area contributed by atoms with Gasteiger partial charge in [-0.05, 0) is 12.5 Å². The summed E-state index contributed by atoms with van der Waals surface area (Å²) < 4.78 is 5.20. The molecule has 1 atom stereocenters. The third kappa shape index (κ3) is 1.68. The van der Waals surface area contributed by atoms with Crippen molar-refractivity contribution in [3.63, 3.8) is 0 Å². The second kappa shape index (κ2) is 2.92. The first-order chi connectivity index (χ1) is 5.45. The summed E-state index contributed by atoms with van der Waals surface area (Å²) in [5.74, 6) is -0.141. The molecule has 0 aromatic heterocycles. The molecule has 0 aromatic carbocycles. The lowest BCUT2D eigenvalue weighted by atomic mass is 9.89. The lowest BCUT2D eigenvalue weighted by Gasteiger charge is -2.23. The van der Waals surface area contributed by atoms with Gasteiger partial charge in [-0.2, -0.15) is 0 Å². The van der Waals surface area contributed by atoms with E-state index in [4.69, 9.17) is 4.74 Å². The second-order valence-corrected chi connectivity index (χ2v) is 4.24. The first kappa shape index (κ1) is 9.30. The molecule has 1 unspecified atom stereocenters. The van der Waals surface area contributed by atoms with Gasteiger partial charge in [-0.25, -0.2) is 4.79 Å². The van der Waals surface area contributed by atoms with Crippen molar-refractivity contribution in [3.8, 4) is 0 Å². The van der Waals surface area contributed by atoms with Gasteiger partial charge in [0.05, 0.1) is 0 Å². The zero-order valence-electron chi connectivity index (χ0n) is 8.18. The molecule has 0 N–H and O–H groups in total. The molecule has 0 saturated carbocycles. The molecule has 0 fully saturated rings. The van der Waals surface area contributed by atoms with Crippen LogP contribution in [-0.4, -0.2) is 12.1 Å². The van der Waals surface area contributed by atoms with Crippen LogP contribution < -0.4 is 0 Å². The fourth-order valence-corrected chi connectivity index (χ4v) is 1.16. The van der Waals surface area contributed by atoms with Crippen LogP contribution in [0.15, 0.2) is 11.6 Å². The van der Waals surface area contributed by atoms with E-state index < -0.39 is 0 Å². The molecule has 1 rings (SSSR count). The Morgan fingerprint density at radius 1 is 1.50 bits per heavy atom. The average molecular weight is 168 g/mol. The monoisotopic (exact) mass is 168 g/mol. The highest BCUT2D eigenvalue weighted by atomic mass is 16.5. The molecule has 0 amide bonds. The number of carbonyl (C=O) groups excluding carboxylic acids is 1. The van der Waals surface area contributed by atoms with E-state index in [2.05, 4.69) is 20.8 Å². The quantitative estimate of drug-likeness (QED) is 0.561. The van der Waals surface area contributed by atoms with E-state index in [9.17, 15) is 4.79 Å². The zero-order valence-corrected chi connectivity index (χ0v) is 8.18. The van der Waals surface area contributed by atoms with E-state index in [-0.39, 0.29) is 17.5 Å². The standard InChI is InChI=1S/C10H16O2/c1-5-7-6-8(10(2,3)4)12-9(7)11/h6,8H,5H2,1-4H3. The summed E-state index contributed by atoms with van der Waals surface area (Å²) in [4.78, 5) is 11.2. The van der Waals surface area contributed by atoms with Gasteiger partial charge in [0.25, 0.3) is 0 Å². The van der Waals surface area contributed by atoms with Crippen molar-refractivity contribution in [1.82, 2.24) is 0 Å². The van der Waals surface area contributed by atoms with Crippen LogP contribution in [0.5, 0.6) is 0 Å². The summed E-state index contributed by atoms with van der Waals surface area (Å²) in [6.45, 7) is 8.18. The molecular weight excluding hydrogens is 152 g/mol. The van der Waals surface area contributed by atoms with Crippen molar-refractivity contribution in [2.75, 3.05) is 0 Å². The van der Waals surface area contributed by atoms with Gasteiger partial charge in [-0.15, -0.1) is 0 Å². The van der Waals surface area contributed by atoms with Crippen molar-refractivity contribution in [1.29, 1.82) is 0 Å². The van der Waals surface area contributed by atoms with E-state index in [1.54, 1.807) is 0 Å². The molecule has 0 bridgehead atoms. The van der Waals surface area contributed by atoms with Crippen LogP contribution in [0.2, 0.25) is 0 Å². The van der Waals surface area contributed by atoms with Crippen LogP contribution in [0.25, 0.3) is 0 Å². The van der Waals surface area contributed by atoms with Gasteiger partial charge < -0.3 is 4.74 Å². The highest BCUT2D eigenvalue weighted by Gasteiger charge is 2.32. The molecule has 2 nitrogen and oxygen atoms in total. The van der Waals surface area contributed by atoms with Gasteiger partial charge in [-0.1, -0.05) is 27.7 Å². The molecule has 1 aliphatic rings. The number of hydrogen-bond acceptors (Lipinski definition) is 2. The van der Waals surface area contributed by atoms with E-state index in [0.29, 0.717) is 0 Å². The lowest BCUT2D eigenvalue weighted by molar-refractivity contribution is -0.143. The Bertz CT molecular complexity index is 220. The Labute approximate surface area is 73.6 Å². The zero-order chi connectivity index (χ0) is 9.35. The minimum absolute atomic E-state index is 0.0204. The number of ether oxygens (including phenoxy) is 1. The SMILES string of the molecule is CCC1=CC(C(C)(C)C)OC1=O. The molecule has 1 heterocycles. The topological polar surface area (TPSA) is 26.3 Å². The summed E-state index contributed by atoms with van der Waals surface area (Å²) in [5, 5.41) is 0. The fourth-order valence-electron chi connectivity index (χ4n) is 1.16. The first-order valence-corrected chi connectivity index (χ1v) is 4.37. The summed E-state index contributed by atoms with van der Waals surface area (Å²) in [7, 11) is 0. The molecular formula is C10H16O2. The van der Waals surface area contributed by atoms with Crippen LogP contribution in [0, 0.1) is 5.41 Å². The maximum absolute atomic E-state index is 11.2. The highest BCUT2D eigenvalue weighted by molar-refractivity contribution is 5.90. The largest absolute Gasteiger partial charge is 0.454 e. The second-order valence-electron chi connectivity index (χ2n) is 4.24. The molecule has 1 aliphatic heterocycles. The molecule has 68 valence electrons. The van der Waals surface area contributed by atoms with Crippen molar-refractivity contribution in [3.05, 3.63) is 11.6 Å². The molecule has 12 heavy (non-hydrogen) atoms. The summed E-state index contributed by atoms with van der Waals surface area (Å²) in [5.41, 5.74) is 0.835. The van der Waals surface area contributed by atoms with E-state index in [0.717, 1.165) is 12.0 Å². The lowest BCUT2D eigenvalue weighted by Crippen LogP contribution is -2.25. The van der Waals surface area contributed by atoms with Gasteiger partial charge in [0.2, 0.25) is 0 Å². The van der Waals surface area contributed by atoms with Crippen molar-refractivity contribution in [2.24, 2.45) is 5.41 Å². The third-order valence-electron chi connectivity index (χ3n) is 2.08. The van der Waals surface area contributed by atoms with Gasteiger partial charge in [-0.3, -0.25) is 0 Å². The highest BCUT2D eigenvalue weighted by Crippen LogP contribution is 2.30. The normalized spacial score (nSPS) is 23.8. The van der Waals surface area contributed by atoms with Crippen molar-refractivity contribution >= 4 is 5.97 Å². The Morgan fingerprint density at radius 2 is 2.08 bits per heavy atom. The van der Waals surface area contributed by atoms with Gasteiger partial charge in [0.15, 0.2) is 0 Å². The Kier molecular flexibility index (Phi) is 2.27. The predicted octanol–water partition coefficient (Wildman–Crippen LogP) is 2.29. The molecule has 0 radical (unpaired) electrons. The van der Waals surface area contributed by atoms with Gasteiger partial charge >= 0.3 is 5.97 Å². The summed E-state index contributed by atoms with van der Waals surface area (Å²) in [6, 6.07) is 0. The Hall–Kier alpha value is -0.790. The number of rotatable bonds is 1. The van der Waals surface area contributed by atoms with Gasteiger partial charge in [0.1, 0.15) is 6.10 Å². The number of carbonyl (C=O) groups is 1. The molecule has 2 heteroatoms. The third-order valence-corrected chi connectivity index (χ3v) is 2.08. The first-order valence-electron chi connectivity index (χ1n) is 4.37. The molecule has 0 aromatic rings. The minimum atomic E-state index is -0.141. The van der Waals surface area contributed by atoms with Crippen LogP contribution in [0.1, 0.15) is 34.1 Å². The fraction of sp³-hybridized carbons (Fsp3) is 0.700. The van der Waals surface area contributed by atoms with Crippen LogP contribution >= 0.6 is 0 Å². The summed E-state index contributed by atoms with van der Waals surface area (Å²) in [6.07, 6.45) is 2.67. The predicted molar refractivity (Wildman–Crippen MR) is 47.7 cm³/mol. The Balaban J connectivity index is 2.77. The van der Waals surface area contributed by atoms with E-state index >= 15 is 0 Å². The van der Waals surface area contributed by atoms with Gasteiger partial charge in [0, 0.05) is 11.0 Å². The van der Waals surface area contributed by atoms with Crippen molar-refractivity contribution in [2.45, 2.75) is 40.2 Å². The smallest absolute Gasteiger partial charge is 0.334 e. The minimum Gasteiger partial charge on any atom is -0.454 e. The molecule has 0 aliphatic carbocycles. The number of cyclic esters (lactones) is 1. The Morgan fingerprint density at radius 3 is 2.33 bits per heavy atom. The van der Waals surface area contributed by atoms with Crippen LogP contribution in [0.4, 0.5) is 0 Å². The average Bonchev–Trinajstić information content (AvgIpc) is 2.29. The van der Waals surface area contributed by atoms with E-state index in [1.165, 1.54) is 0 Å². The maximum atomic E-state index is 11.2. The van der Waals surface area contributed by atoms with Crippen LogP contribution in [0.3, 0.4) is 0 Å². The summed E-state index contributed by atoms with van der Waals surface area (Å²) >= 11 is 0. The van der Waals surface area contributed by atoms with Crippen LogP contribution in [-0.2, 0) is 9.53 Å². The van der Waals surface area contributed by atoms with E-state index in [1.807, 2.05) is 13.0 Å². The van der Waals surface area contributed by atoms with Crippen molar-refractivity contribution < 1.29 is 9.53 Å². The maximum Gasteiger partial charge on any atom is 0.334 e. The molecule has 0 spiro atoms. The molecule has 0 saturated heterocycles. The number of esters is 1.